The Bertz CT molecular complexity index is 296. The summed E-state index contributed by atoms with van der Waals surface area (Å²) in [6.45, 7) is 6.08. The standard InChI is InChI=1S/C11H20N2O3/c1-4-12-10(2,3)8(14)13-11(9(15)16)6-5-7-11/h12H,4-7H2,1-3H3,(H,13,14)(H,15,16). The number of carbonyl (C=O) groups excluding carboxylic acids is 1. The molecule has 5 nitrogen and oxygen atoms in total. The van der Waals surface area contributed by atoms with Gasteiger partial charge in [-0.25, -0.2) is 4.79 Å². The fourth-order valence-corrected chi connectivity index (χ4v) is 1.82. The summed E-state index contributed by atoms with van der Waals surface area (Å²) >= 11 is 0. The van der Waals surface area contributed by atoms with Crippen LogP contribution in [0.15, 0.2) is 0 Å². The van der Waals surface area contributed by atoms with Gasteiger partial charge in [0.15, 0.2) is 0 Å². The second-order valence-electron chi connectivity index (χ2n) is 4.85. The second kappa shape index (κ2) is 4.41. The fraction of sp³-hybridized carbons (Fsp3) is 0.818. The highest BCUT2D eigenvalue weighted by atomic mass is 16.4. The lowest BCUT2D eigenvalue weighted by atomic mass is 9.76. The van der Waals surface area contributed by atoms with Crippen LogP contribution in [-0.2, 0) is 9.59 Å². The average molecular weight is 228 g/mol. The van der Waals surface area contributed by atoms with Crippen LogP contribution in [0.4, 0.5) is 0 Å². The van der Waals surface area contributed by atoms with Crippen LogP contribution in [0.1, 0.15) is 40.0 Å². The third kappa shape index (κ3) is 2.35. The lowest BCUT2D eigenvalue weighted by Crippen LogP contribution is -2.65. The highest BCUT2D eigenvalue weighted by Crippen LogP contribution is 2.32. The monoisotopic (exact) mass is 228 g/mol. The summed E-state index contributed by atoms with van der Waals surface area (Å²) in [6, 6.07) is 0. The molecule has 16 heavy (non-hydrogen) atoms. The zero-order valence-electron chi connectivity index (χ0n) is 10.1. The Balaban J connectivity index is 2.66. The first-order valence-electron chi connectivity index (χ1n) is 5.65. The second-order valence-corrected chi connectivity index (χ2v) is 4.85. The molecular formula is C11H20N2O3. The minimum atomic E-state index is -1.02. The maximum Gasteiger partial charge on any atom is 0.329 e. The Labute approximate surface area is 95.6 Å². The summed E-state index contributed by atoms with van der Waals surface area (Å²) in [5, 5.41) is 14.8. The van der Waals surface area contributed by atoms with Crippen LogP contribution in [0, 0.1) is 0 Å². The number of carboxylic acids is 1. The largest absolute Gasteiger partial charge is 0.480 e. The molecule has 0 spiro atoms. The first kappa shape index (κ1) is 13.0. The van der Waals surface area contributed by atoms with Gasteiger partial charge in [0.1, 0.15) is 5.54 Å². The van der Waals surface area contributed by atoms with Crippen LogP contribution in [0.25, 0.3) is 0 Å². The molecule has 0 heterocycles. The van der Waals surface area contributed by atoms with Crippen molar-refractivity contribution in [2.75, 3.05) is 6.54 Å². The summed E-state index contributed by atoms with van der Waals surface area (Å²) in [4.78, 5) is 23.0. The van der Waals surface area contributed by atoms with Gasteiger partial charge in [-0.15, -0.1) is 0 Å². The Kier molecular flexibility index (Phi) is 3.57. The fourth-order valence-electron chi connectivity index (χ4n) is 1.82. The number of aliphatic carboxylic acids is 1. The van der Waals surface area contributed by atoms with Crippen molar-refractivity contribution in [2.45, 2.75) is 51.1 Å². The van der Waals surface area contributed by atoms with E-state index in [0.717, 1.165) is 6.42 Å². The van der Waals surface area contributed by atoms with Crippen molar-refractivity contribution < 1.29 is 14.7 Å². The van der Waals surface area contributed by atoms with Crippen LogP contribution >= 0.6 is 0 Å². The van der Waals surface area contributed by atoms with Gasteiger partial charge in [0.25, 0.3) is 0 Å². The van der Waals surface area contributed by atoms with Crippen molar-refractivity contribution in [3.8, 4) is 0 Å². The van der Waals surface area contributed by atoms with Crippen LogP contribution in [-0.4, -0.2) is 34.6 Å². The van der Waals surface area contributed by atoms with E-state index in [1.807, 2.05) is 6.92 Å². The molecule has 1 rings (SSSR count). The number of carbonyl (C=O) groups is 2. The van der Waals surface area contributed by atoms with E-state index >= 15 is 0 Å². The zero-order valence-corrected chi connectivity index (χ0v) is 10.1. The number of nitrogens with one attached hydrogen (secondary N) is 2. The summed E-state index contributed by atoms with van der Waals surface area (Å²) in [5.41, 5.74) is -1.75. The predicted octanol–water partition coefficient (Wildman–Crippen LogP) is 0.498. The lowest BCUT2D eigenvalue weighted by Gasteiger charge is -2.40. The summed E-state index contributed by atoms with van der Waals surface area (Å²) < 4.78 is 0. The van der Waals surface area contributed by atoms with Gasteiger partial charge in [-0.05, 0) is 39.7 Å². The normalized spacial score (nSPS) is 18.7. The summed E-state index contributed by atoms with van der Waals surface area (Å²) in [7, 11) is 0. The van der Waals surface area contributed by atoms with Gasteiger partial charge in [0, 0.05) is 0 Å². The molecule has 1 fully saturated rings. The summed E-state index contributed by atoms with van der Waals surface area (Å²) in [6.07, 6.45) is 1.90. The van der Waals surface area contributed by atoms with Gasteiger partial charge in [0.2, 0.25) is 5.91 Å². The minimum absolute atomic E-state index is 0.253. The molecule has 92 valence electrons. The maximum atomic E-state index is 11.9. The molecule has 0 unspecified atom stereocenters. The van der Waals surface area contributed by atoms with Crippen LogP contribution in [0.5, 0.6) is 0 Å². The number of hydrogen-bond donors (Lipinski definition) is 3. The van der Waals surface area contributed by atoms with Crippen LogP contribution in [0.2, 0.25) is 0 Å². The molecule has 1 aliphatic rings. The molecule has 1 saturated carbocycles. The number of rotatable bonds is 5. The van der Waals surface area contributed by atoms with Gasteiger partial charge in [0.05, 0.1) is 5.54 Å². The number of amides is 1. The Morgan fingerprint density at radius 3 is 2.25 bits per heavy atom. The molecule has 0 aliphatic heterocycles. The summed E-state index contributed by atoms with van der Waals surface area (Å²) in [5.74, 6) is -1.18. The molecule has 0 aromatic heterocycles. The smallest absolute Gasteiger partial charge is 0.329 e. The molecule has 0 aromatic rings. The van der Waals surface area contributed by atoms with Crippen molar-refractivity contribution >= 4 is 11.9 Å². The Morgan fingerprint density at radius 1 is 1.38 bits per heavy atom. The predicted molar refractivity (Wildman–Crippen MR) is 60.1 cm³/mol. The van der Waals surface area contributed by atoms with E-state index in [0.29, 0.717) is 19.4 Å². The van der Waals surface area contributed by atoms with Crippen molar-refractivity contribution in [1.29, 1.82) is 0 Å². The number of likely N-dealkylation sites (N-methyl/N-ethyl adjacent to an activating group) is 1. The molecular weight excluding hydrogens is 208 g/mol. The van der Waals surface area contributed by atoms with Gasteiger partial charge in [-0.2, -0.15) is 0 Å². The van der Waals surface area contributed by atoms with Gasteiger partial charge in [-0.3, -0.25) is 4.79 Å². The molecule has 3 N–H and O–H groups in total. The topological polar surface area (TPSA) is 78.4 Å². The van der Waals surface area contributed by atoms with Crippen molar-refractivity contribution in [2.24, 2.45) is 0 Å². The number of hydrogen-bond acceptors (Lipinski definition) is 3. The first-order valence-corrected chi connectivity index (χ1v) is 5.65. The average Bonchev–Trinajstić information content (AvgIpc) is 2.09. The van der Waals surface area contributed by atoms with E-state index in [-0.39, 0.29) is 5.91 Å². The molecule has 0 saturated heterocycles. The molecule has 5 heteroatoms. The van der Waals surface area contributed by atoms with Crippen molar-refractivity contribution in [3.63, 3.8) is 0 Å². The van der Waals surface area contributed by atoms with E-state index in [1.165, 1.54) is 0 Å². The van der Waals surface area contributed by atoms with E-state index < -0.39 is 17.0 Å². The molecule has 0 atom stereocenters. The molecule has 1 aliphatic carbocycles. The quantitative estimate of drug-likeness (QED) is 0.640. The van der Waals surface area contributed by atoms with Crippen LogP contribution < -0.4 is 10.6 Å². The van der Waals surface area contributed by atoms with E-state index in [1.54, 1.807) is 13.8 Å². The maximum absolute atomic E-state index is 11.9. The van der Waals surface area contributed by atoms with E-state index in [9.17, 15) is 9.59 Å². The number of carboxylic acid groups (broad SMARTS) is 1. The molecule has 0 aromatic carbocycles. The molecule has 1 amide bonds. The van der Waals surface area contributed by atoms with Gasteiger partial charge in [-0.1, -0.05) is 6.92 Å². The highest BCUT2D eigenvalue weighted by molar-refractivity contribution is 5.92. The third-order valence-electron chi connectivity index (χ3n) is 3.16. The van der Waals surface area contributed by atoms with Gasteiger partial charge >= 0.3 is 5.97 Å². The molecule has 0 bridgehead atoms. The SMILES string of the molecule is CCNC(C)(C)C(=O)NC1(C(=O)O)CCC1. The Morgan fingerprint density at radius 2 is 1.94 bits per heavy atom. The van der Waals surface area contributed by atoms with Crippen molar-refractivity contribution in [3.05, 3.63) is 0 Å². The zero-order chi connectivity index (χ0) is 12.4. The first-order chi connectivity index (χ1) is 7.34. The van der Waals surface area contributed by atoms with E-state index in [2.05, 4.69) is 10.6 Å². The van der Waals surface area contributed by atoms with Crippen molar-refractivity contribution in [1.82, 2.24) is 10.6 Å². The highest BCUT2D eigenvalue weighted by Gasteiger charge is 2.47. The van der Waals surface area contributed by atoms with Gasteiger partial charge < -0.3 is 15.7 Å². The van der Waals surface area contributed by atoms with E-state index in [4.69, 9.17) is 5.11 Å². The third-order valence-corrected chi connectivity index (χ3v) is 3.16. The minimum Gasteiger partial charge on any atom is -0.480 e. The van der Waals surface area contributed by atoms with Crippen LogP contribution in [0.3, 0.4) is 0 Å². The Hall–Kier alpha value is -1.10. The lowest BCUT2D eigenvalue weighted by molar-refractivity contribution is -0.152. The molecule has 0 radical (unpaired) electrons.